The van der Waals surface area contributed by atoms with Gasteiger partial charge in [-0.3, -0.25) is 10.1 Å². The van der Waals surface area contributed by atoms with Crippen LogP contribution < -0.4 is 10.1 Å². The molecular formula is C19H15BrN6O2S. The largest absolute Gasteiger partial charge is 0.497 e. The molecule has 2 aromatic carbocycles. The molecule has 0 bridgehead atoms. The summed E-state index contributed by atoms with van der Waals surface area (Å²) >= 11 is 4.44. The summed E-state index contributed by atoms with van der Waals surface area (Å²) in [6, 6.07) is 14.6. The predicted molar refractivity (Wildman–Crippen MR) is 114 cm³/mol. The number of benzene rings is 2. The quantitative estimate of drug-likeness (QED) is 0.471. The number of carbonyl (C=O) groups is 1. The third-order valence-corrected chi connectivity index (χ3v) is 5.34. The van der Waals surface area contributed by atoms with Gasteiger partial charge in [-0.25, -0.2) is 4.68 Å². The maximum atomic E-state index is 12.3. The molecule has 2 heterocycles. The average Bonchev–Trinajstić information content (AvgIpc) is 3.35. The molecule has 4 aromatic rings. The van der Waals surface area contributed by atoms with E-state index in [2.05, 4.69) is 40.9 Å². The SMILES string of the molecule is COc1ccc(-n2nnc(-c3nsc(NC(=O)c4ccc(Br)cc4)n3)c2C)cc1. The number of hydrogen-bond donors (Lipinski definition) is 1. The highest BCUT2D eigenvalue weighted by atomic mass is 79.9. The first-order valence-electron chi connectivity index (χ1n) is 8.53. The van der Waals surface area contributed by atoms with Gasteiger partial charge in [-0.2, -0.15) is 9.36 Å². The predicted octanol–water partition coefficient (Wildman–Crippen LogP) is 4.12. The van der Waals surface area contributed by atoms with Crippen LogP contribution in [0.3, 0.4) is 0 Å². The number of amides is 1. The van der Waals surface area contributed by atoms with Crippen LogP contribution in [0, 0.1) is 6.92 Å². The number of methoxy groups -OCH3 is 1. The van der Waals surface area contributed by atoms with E-state index in [-0.39, 0.29) is 5.91 Å². The molecule has 0 saturated carbocycles. The minimum Gasteiger partial charge on any atom is -0.497 e. The standard InChI is InChI=1S/C19H15BrN6O2S/c1-11-16(23-25-26(11)14-7-9-15(28-2)10-8-14)17-21-19(29-24-17)22-18(27)12-3-5-13(20)6-4-12/h3-10H,1-2H3,(H,21,22,24,27). The Hall–Kier alpha value is -3.11. The zero-order valence-corrected chi connectivity index (χ0v) is 17.9. The third-order valence-electron chi connectivity index (χ3n) is 4.18. The smallest absolute Gasteiger partial charge is 0.257 e. The van der Waals surface area contributed by atoms with Crippen LogP contribution in [0.4, 0.5) is 5.13 Å². The van der Waals surface area contributed by atoms with E-state index in [4.69, 9.17) is 4.74 Å². The van der Waals surface area contributed by atoms with Crippen molar-refractivity contribution in [2.24, 2.45) is 0 Å². The summed E-state index contributed by atoms with van der Waals surface area (Å²) in [7, 11) is 1.62. The van der Waals surface area contributed by atoms with Gasteiger partial charge in [-0.1, -0.05) is 21.1 Å². The summed E-state index contributed by atoms with van der Waals surface area (Å²) in [5.74, 6) is 0.927. The number of nitrogens with zero attached hydrogens (tertiary/aromatic N) is 5. The van der Waals surface area contributed by atoms with Gasteiger partial charge in [0.25, 0.3) is 5.91 Å². The lowest BCUT2D eigenvalue weighted by atomic mass is 10.2. The average molecular weight is 471 g/mol. The number of ether oxygens (including phenoxy) is 1. The molecule has 4 rings (SSSR count). The topological polar surface area (TPSA) is 94.8 Å². The van der Waals surface area contributed by atoms with Crippen LogP contribution in [0.2, 0.25) is 0 Å². The van der Waals surface area contributed by atoms with Gasteiger partial charge >= 0.3 is 0 Å². The van der Waals surface area contributed by atoms with Crippen LogP contribution in [-0.4, -0.2) is 37.4 Å². The highest BCUT2D eigenvalue weighted by molar-refractivity contribution is 9.10. The van der Waals surface area contributed by atoms with Gasteiger partial charge in [-0.15, -0.1) is 5.10 Å². The van der Waals surface area contributed by atoms with E-state index in [1.807, 2.05) is 31.2 Å². The van der Waals surface area contributed by atoms with Gasteiger partial charge in [-0.05, 0) is 55.5 Å². The Bertz CT molecular complexity index is 1150. The molecule has 0 atom stereocenters. The van der Waals surface area contributed by atoms with Crippen molar-refractivity contribution in [3.8, 4) is 23.0 Å². The number of aromatic nitrogens is 5. The number of carbonyl (C=O) groups excluding carboxylic acids is 1. The zero-order valence-electron chi connectivity index (χ0n) is 15.5. The molecule has 1 N–H and O–H groups in total. The minimum absolute atomic E-state index is 0.251. The van der Waals surface area contributed by atoms with Crippen molar-refractivity contribution in [3.63, 3.8) is 0 Å². The molecular weight excluding hydrogens is 456 g/mol. The maximum absolute atomic E-state index is 12.3. The van der Waals surface area contributed by atoms with Crippen LogP contribution in [0.25, 0.3) is 17.2 Å². The first kappa shape index (κ1) is 19.2. The van der Waals surface area contributed by atoms with E-state index < -0.39 is 0 Å². The number of halogens is 1. The van der Waals surface area contributed by atoms with Crippen molar-refractivity contribution in [1.82, 2.24) is 24.4 Å². The Balaban J connectivity index is 1.54. The Morgan fingerprint density at radius 2 is 1.86 bits per heavy atom. The molecule has 0 spiro atoms. The van der Waals surface area contributed by atoms with Crippen LogP contribution in [-0.2, 0) is 0 Å². The third kappa shape index (κ3) is 4.03. The van der Waals surface area contributed by atoms with E-state index >= 15 is 0 Å². The van der Waals surface area contributed by atoms with E-state index in [9.17, 15) is 4.79 Å². The fourth-order valence-electron chi connectivity index (χ4n) is 2.65. The molecule has 0 saturated heterocycles. The van der Waals surface area contributed by atoms with Crippen LogP contribution in [0.1, 0.15) is 16.1 Å². The van der Waals surface area contributed by atoms with Gasteiger partial charge in [0, 0.05) is 21.6 Å². The molecule has 0 aliphatic carbocycles. The Morgan fingerprint density at radius 1 is 1.14 bits per heavy atom. The van der Waals surface area contributed by atoms with E-state index in [1.165, 1.54) is 0 Å². The van der Waals surface area contributed by atoms with Gasteiger partial charge in [0.1, 0.15) is 5.75 Å². The molecule has 29 heavy (non-hydrogen) atoms. The summed E-state index contributed by atoms with van der Waals surface area (Å²) in [6.07, 6.45) is 0. The second kappa shape index (κ2) is 8.10. The first-order chi connectivity index (χ1) is 14.0. The van der Waals surface area contributed by atoms with Crippen molar-refractivity contribution < 1.29 is 9.53 Å². The van der Waals surface area contributed by atoms with E-state index in [0.717, 1.165) is 33.1 Å². The normalized spacial score (nSPS) is 10.7. The Kier molecular flexibility index (Phi) is 5.36. The van der Waals surface area contributed by atoms with E-state index in [0.29, 0.717) is 22.2 Å². The second-order valence-electron chi connectivity index (χ2n) is 6.02. The summed E-state index contributed by atoms with van der Waals surface area (Å²) in [6.45, 7) is 1.89. The van der Waals surface area contributed by atoms with Crippen LogP contribution >= 0.6 is 27.5 Å². The van der Waals surface area contributed by atoms with E-state index in [1.54, 1.807) is 36.1 Å². The van der Waals surface area contributed by atoms with Crippen molar-refractivity contribution in [2.45, 2.75) is 6.92 Å². The monoisotopic (exact) mass is 470 g/mol. The maximum Gasteiger partial charge on any atom is 0.257 e. The van der Waals surface area contributed by atoms with Crippen molar-refractivity contribution in [2.75, 3.05) is 12.4 Å². The molecule has 0 fully saturated rings. The summed E-state index contributed by atoms with van der Waals surface area (Å²) in [5.41, 5.74) is 2.73. The summed E-state index contributed by atoms with van der Waals surface area (Å²) in [5, 5.41) is 11.6. The van der Waals surface area contributed by atoms with Gasteiger partial charge in [0.2, 0.25) is 5.13 Å². The fourth-order valence-corrected chi connectivity index (χ4v) is 3.48. The first-order valence-corrected chi connectivity index (χ1v) is 10.1. The lowest BCUT2D eigenvalue weighted by Gasteiger charge is -2.04. The highest BCUT2D eigenvalue weighted by Gasteiger charge is 2.18. The molecule has 0 aliphatic rings. The molecule has 1 amide bonds. The Labute approximate surface area is 178 Å². The van der Waals surface area contributed by atoms with Crippen molar-refractivity contribution >= 4 is 38.5 Å². The lowest BCUT2D eigenvalue weighted by Crippen LogP contribution is -2.11. The Morgan fingerprint density at radius 3 is 2.55 bits per heavy atom. The van der Waals surface area contributed by atoms with Crippen LogP contribution in [0.5, 0.6) is 5.75 Å². The number of rotatable bonds is 5. The van der Waals surface area contributed by atoms with Gasteiger partial charge < -0.3 is 4.74 Å². The second-order valence-corrected chi connectivity index (χ2v) is 7.68. The number of hydrogen-bond acceptors (Lipinski definition) is 7. The van der Waals surface area contributed by atoms with Crippen LogP contribution in [0.15, 0.2) is 53.0 Å². The fraction of sp³-hybridized carbons (Fsp3) is 0.105. The van der Waals surface area contributed by atoms with Gasteiger partial charge in [0.05, 0.1) is 18.5 Å². The molecule has 146 valence electrons. The number of anilines is 1. The molecule has 0 aliphatic heterocycles. The highest BCUT2D eigenvalue weighted by Crippen LogP contribution is 2.25. The zero-order chi connectivity index (χ0) is 20.4. The lowest BCUT2D eigenvalue weighted by molar-refractivity contribution is 0.102. The molecule has 0 unspecified atom stereocenters. The summed E-state index contributed by atoms with van der Waals surface area (Å²) < 4.78 is 12.1. The molecule has 0 radical (unpaired) electrons. The molecule has 10 heteroatoms. The number of nitrogens with one attached hydrogen (secondary N) is 1. The molecule has 2 aromatic heterocycles. The van der Waals surface area contributed by atoms with Gasteiger partial charge in [0.15, 0.2) is 11.5 Å². The van der Waals surface area contributed by atoms with Crippen molar-refractivity contribution in [3.05, 3.63) is 64.3 Å². The minimum atomic E-state index is -0.251. The summed E-state index contributed by atoms with van der Waals surface area (Å²) in [4.78, 5) is 16.7. The van der Waals surface area contributed by atoms with Crippen molar-refractivity contribution in [1.29, 1.82) is 0 Å². The molecule has 8 nitrogen and oxygen atoms in total.